The van der Waals surface area contributed by atoms with Crippen molar-refractivity contribution >= 4 is 38.4 Å². The molecule has 0 aliphatic rings. The highest BCUT2D eigenvalue weighted by atomic mass is 79.9. The Kier molecular flexibility index (Phi) is 5.46. The van der Waals surface area contributed by atoms with Crippen LogP contribution in [0.15, 0.2) is 71.2 Å². The van der Waals surface area contributed by atoms with E-state index in [0.717, 1.165) is 28.2 Å². The first-order valence-electron chi connectivity index (χ1n) is 8.96. The zero-order chi connectivity index (χ0) is 21.3. The molecule has 4 rings (SSSR count). The number of benzene rings is 3. The molecule has 0 unspecified atom stereocenters. The van der Waals surface area contributed by atoms with E-state index in [0.29, 0.717) is 22.3 Å². The van der Waals surface area contributed by atoms with Gasteiger partial charge in [0.25, 0.3) is 5.91 Å². The third-order valence-electron chi connectivity index (χ3n) is 4.56. The summed E-state index contributed by atoms with van der Waals surface area (Å²) in [5.41, 5.74) is 1.94. The molecule has 0 aliphatic heterocycles. The van der Waals surface area contributed by atoms with Gasteiger partial charge in [-0.3, -0.25) is 4.79 Å². The molecule has 4 nitrogen and oxygen atoms in total. The quantitative estimate of drug-likeness (QED) is 0.387. The number of nitrogens with zero attached hydrogens (tertiary/aromatic N) is 1. The minimum atomic E-state index is -0.725. The molecule has 0 bridgehead atoms. The number of hydrogen-bond acceptors (Lipinski definition) is 3. The van der Waals surface area contributed by atoms with E-state index in [1.807, 2.05) is 24.3 Å². The lowest BCUT2D eigenvalue weighted by Gasteiger charge is -2.12. The number of anilines is 1. The summed E-state index contributed by atoms with van der Waals surface area (Å²) in [6.45, 7) is 0. The molecule has 0 spiro atoms. The number of halogens is 3. The first-order chi connectivity index (χ1) is 14.4. The van der Waals surface area contributed by atoms with Crippen molar-refractivity contribution in [2.45, 2.75) is 0 Å². The summed E-state index contributed by atoms with van der Waals surface area (Å²) in [6.07, 6.45) is 0. The van der Waals surface area contributed by atoms with Gasteiger partial charge < -0.3 is 10.1 Å². The molecule has 0 atom stereocenters. The Balaban J connectivity index is 1.85. The van der Waals surface area contributed by atoms with Crippen LogP contribution in [-0.4, -0.2) is 18.0 Å². The minimum absolute atomic E-state index is 0.233. The average molecular weight is 469 g/mol. The highest BCUT2D eigenvalue weighted by Gasteiger charge is 2.17. The van der Waals surface area contributed by atoms with Crippen molar-refractivity contribution in [3.8, 4) is 17.0 Å². The fourth-order valence-corrected chi connectivity index (χ4v) is 3.46. The second kappa shape index (κ2) is 8.20. The average Bonchev–Trinajstić information content (AvgIpc) is 2.75. The molecule has 3 aromatic carbocycles. The van der Waals surface area contributed by atoms with Crippen LogP contribution in [0.4, 0.5) is 14.5 Å². The molecule has 1 heterocycles. The Hall–Kier alpha value is -3.32. The maximum atomic E-state index is 14.0. The Morgan fingerprint density at radius 3 is 2.67 bits per heavy atom. The van der Waals surface area contributed by atoms with Crippen LogP contribution in [0.25, 0.3) is 22.2 Å². The van der Waals surface area contributed by atoms with Crippen molar-refractivity contribution in [1.29, 1.82) is 0 Å². The molecule has 0 saturated heterocycles. The fourth-order valence-electron chi connectivity index (χ4n) is 3.10. The molecule has 0 radical (unpaired) electrons. The number of aromatic nitrogens is 1. The van der Waals surface area contributed by atoms with Crippen LogP contribution < -0.4 is 10.1 Å². The molecule has 0 fully saturated rings. The second-order valence-electron chi connectivity index (χ2n) is 6.53. The van der Waals surface area contributed by atoms with Gasteiger partial charge in [0.1, 0.15) is 17.4 Å². The van der Waals surface area contributed by atoms with E-state index in [4.69, 9.17) is 4.74 Å². The van der Waals surface area contributed by atoms with E-state index in [2.05, 4.69) is 26.2 Å². The molecule has 4 aromatic rings. The number of methoxy groups -OCH3 is 1. The maximum absolute atomic E-state index is 14.0. The van der Waals surface area contributed by atoms with Crippen molar-refractivity contribution in [2.75, 3.05) is 12.4 Å². The highest BCUT2D eigenvalue weighted by Crippen LogP contribution is 2.29. The van der Waals surface area contributed by atoms with Crippen LogP contribution >= 0.6 is 15.9 Å². The van der Waals surface area contributed by atoms with Crippen LogP contribution in [0, 0.1) is 11.6 Å². The predicted octanol–water partition coefficient (Wildman–Crippen LogP) is 6.20. The minimum Gasteiger partial charge on any atom is -0.497 e. The van der Waals surface area contributed by atoms with Gasteiger partial charge in [0.15, 0.2) is 0 Å². The Morgan fingerprint density at radius 2 is 1.87 bits per heavy atom. The van der Waals surface area contributed by atoms with Gasteiger partial charge in [-0.05, 0) is 48.5 Å². The fraction of sp³-hybridized carbons (Fsp3) is 0.0435. The molecule has 150 valence electrons. The highest BCUT2D eigenvalue weighted by molar-refractivity contribution is 9.10. The summed E-state index contributed by atoms with van der Waals surface area (Å²) in [5, 5.41) is 3.03. The van der Waals surface area contributed by atoms with Gasteiger partial charge >= 0.3 is 0 Å². The summed E-state index contributed by atoms with van der Waals surface area (Å²) in [6, 6.07) is 17.2. The zero-order valence-electron chi connectivity index (χ0n) is 15.7. The lowest BCUT2D eigenvalue weighted by Crippen LogP contribution is -2.14. The third-order valence-corrected chi connectivity index (χ3v) is 5.05. The summed E-state index contributed by atoms with van der Waals surface area (Å²) >= 11 is 3.40. The third kappa shape index (κ3) is 4.02. The van der Waals surface area contributed by atoms with Gasteiger partial charge in [-0.1, -0.05) is 28.1 Å². The lowest BCUT2D eigenvalue weighted by atomic mass is 10.0. The lowest BCUT2D eigenvalue weighted by molar-refractivity contribution is 0.102. The van der Waals surface area contributed by atoms with Crippen LogP contribution in [-0.2, 0) is 0 Å². The molecule has 30 heavy (non-hydrogen) atoms. The number of rotatable bonds is 4. The molecular weight excluding hydrogens is 454 g/mol. The van der Waals surface area contributed by atoms with E-state index in [9.17, 15) is 13.6 Å². The first-order valence-corrected chi connectivity index (χ1v) is 9.75. The molecule has 0 aliphatic carbocycles. The van der Waals surface area contributed by atoms with Gasteiger partial charge in [-0.2, -0.15) is 0 Å². The molecule has 1 amide bonds. The van der Waals surface area contributed by atoms with Crippen LogP contribution in [0.5, 0.6) is 5.75 Å². The molecule has 0 saturated carbocycles. The number of carbonyl (C=O) groups is 1. The number of hydrogen-bond donors (Lipinski definition) is 1. The van der Waals surface area contributed by atoms with E-state index >= 15 is 0 Å². The largest absolute Gasteiger partial charge is 0.497 e. The predicted molar refractivity (Wildman–Crippen MR) is 116 cm³/mol. The van der Waals surface area contributed by atoms with E-state index in [-0.39, 0.29) is 11.3 Å². The molecular formula is C23H15BrF2N2O2. The Bertz CT molecular complexity index is 1280. The summed E-state index contributed by atoms with van der Waals surface area (Å²) < 4.78 is 33.6. The molecule has 1 N–H and O–H groups in total. The second-order valence-corrected chi connectivity index (χ2v) is 7.44. The van der Waals surface area contributed by atoms with Gasteiger partial charge in [-0.25, -0.2) is 13.8 Å². The smallest absolute Gasteiger partial charge is 0.256 e. The number of ether oxygens (including phenoxy) is 1. The van der Waals surface area contributed by atoms with Crippen molar-refractivity contribution in [1.82, 2.24) is 4.98 Å². The van der Waals surface area contributed by atoms with Gasteiger partial charge in [0.2, 0.25) is 0 Å². The van der Waals surface area contributed by atoms with Crippen molar-refractivity contribution in [2.24, 2.45) is 0 Å². The number of pyridine rings is 1. The van der Waals surface area contributed by atoms with Crippen molar-refractivity contribution < 1.29 is 18.3 Å². The molecule has 1 aromatic heterocycles. The SMILES string of the molecule is COc1cccc(-c2cc(C(=O)Nc3cc(F)ccc3F)c3cc(Br)ccc3n2)c1. The van der Waals surface area contributed by atoms with E-state index < -0.39 is 17.5 Å². The van der Waals surface area contributed by atoms with E-state index in [1.54, 1.807) is 31.4 Å². The Labute approximate surface area is 179 Å². The topological polar surface area (TPSA) is 51.2 Å². The number of amides is 1. The number of fused-ring (bicyclic) bond motifs is 1. The number of carbonyl (C=O) groups excluding carboxylic acids is 1. The standard InChI is InChI=1S/C23H15BrF2N2O2/c1-30-16-4-2-3-13(9-16)21-12-18(17-10-14(24)5-8-20(17)27-21)23(29)28-22-11-15(25)6-7-19(22)26/h2-12H,1H3,(H,28,29). The zero-order valence-corrected chi connectivity index (χ0v) is 17.3. The maximum Gasteiger partial charge on any atom is 0.256 e. The number of nitrogens with one attached hydrogen (secondary N) is 1. The molecule has 7 heteroatoms. The van der Waals surface area contributed by atoms with Crippen LogP contribution in [0.3, 0.4) is 0 Å². The summed E-state index contributed by atoms with van der Waals surface area (Å²) in [7, 11) is 1.57. The van der Waals surface area contributed by atoms with E-state index in [1.165, 1.54) is 0 Å². The van der Waals surface area contributed by atoms with Crippen LogP contribution in [0.2, 0.25) is 0 Å². The first kappa shape index (κ1) is 20.0. The normalized spacial score (nSPS) is 10.8. The monoisotopic (exact) mass is 468 g/mol. The van der Waals surface area contributed by atoms with Crippen molar-refractivity contribution in [3.05, 3.63) is 88.4 Å². The summed E-state index contributed by atoms with van der Waals surface area (Å²) in [4.78, 5) is 17.7. The van der Waals surface area contributed by atoms with Crippen LogP contribution in [0.1, 0.15) is 10.4 Å². The van der Waals surface area contributed by atoms with Crippen molar-refractivity contribution in [3.63, 3.8) is 0 Å². The van der Waals surface area contributed by atoms with Gasteiger partial charge in [0, 0.05) is 21.5 Å². The summed E-state index contributed by atoms with van der Waals surface area (Å²) in [5.74, 6) is -1.30. The Morgan fingerprint density at radius 1 is 1.03 bits per heavy atom. The van der Waals surface area contributed by atoms with Gasteiger partial charge in [0.05, 0.1) is 29.6 Å². The van der Waals surface area contributed by atoms with Gasteiger partial charge in [-0.15, -0.1) is 0 Å².